The maximum absolute atomic E-state index is 5.30. The first-order valence-electron chi connectivity index (χ1n) is 6.33. The minimum absolute atomic E-state index is 0.718. The van der Waals surface area contributed by atoms with Crippen molar-refractivity contribution in [2.45, 2.75) is 0 Å². The van der Waals surface area contributed by atoms with Crippen LogP contribution in [-0.4, -0.2) is 23.3 Å². The minimum Gasteiger partial charge on any atom is -0.358 e. The molecule has 2 aliphatic rings. The summed E-state index contributed by atoms with van der Waals surface area (Å²) in [6.07, 6.45) is 8.05. The number of nitrogens with zero attached hydrogens (tertiary/aromatic N) is 2. The molecule has 20 heavy (non-hydrogen) atoms. The monoisotopic (exact) mass is 302 g/mol. The Morgan fingerprint density at radius 2 is 1.15 bits per heavy atom. The second kappa shape index (κ2) is 5.60. The molecule has 102 valence electrons. The first-order valence-corrected chi connectivity index (χ1v) is 7.15. The van der Waals surface area contributed by atoms with E-state index in [1.165, 1.54) is 0 Å². The number of thiocarbonyl (C=S) groups is 2. The molecule has 0 bridgehead atoms. The molecule has 4 nitrogen and oxygen atoms in total. The number of rotatable bonds is 2. The molecule has 0 radical (unpaired) electrons. The molecule has 0 aliphatic carbocycles. The van der Waals surface area contributed by atoms with E-state index >= 15 is 0 Å². The quantitative estimate of drug-likeness (QED) is 0.814. The predicted octanol–water partition coefficient (Wildman–Crippen LogP) is 2.10. The number of benzene rings is 1. The van der Waals surface area contributed by atoms with Crippen molar-refractivity contribution in [2.75, 3.05) is 22.9 Å². The summed E-state index contributed by atoms with van der Waals surface area (Å²) >= 11 is 10.6. The summed E-state index contributed by atoms with van der Waals surface area (Å²) in [4.78, 5) is 3.90. The van der Waals surface area contributed by atoms with Crippen LogP contribution in [0.3, 0.4) is 0 Å². The fourth-order valence-electron chi connectivity index (χ4n) is 2.09. The molecule has 2 heterocycles. The zero-order valence-electron chi connectivity index (χ0n) is 10.7. The van der Waals surface area contributed by atoms with Crippen molar-refractivity contribution in [3.8, 4) is 0 Å². The molecular formula is C14H14N4S2. The average Bonchev–Trinajstić information content (AvgIpc) is 2.49. The van der Waals surface area contributed by atoms with E-state index < -0.39 is 0 Å². The molecule has 2 aliphatic heterocycles. The summed E-state index contributed by atoms with van der Waals surface area (Å²) in [5, 5.41) is 7.70. The van der Waals surface area contributed by atoms with Crippen molar-refractivity contribution in [1.82, 2.24) is 10.6 Å². The Morgan fingerprint density at radius 1 is 0.750 bits per heavy atom. The van der Waals surface area contributed by atoms with E-state index in [1.54, 1.807) is 0 Å². The van der Waals surface area contributed by atoms with Gasteiger partial charge in [-0.1, -0.05) is 0 Å². The molecule has 0 aromatic heterocycles. The molecule has 3 rings (SSSR count). The van der Waals surface area contributed by atoms with Crippen molar-refractivity contribution >= 4 is 46.0 Å². The van der Waals surface area contributed by atoms with Crippen LogP contribution in [0.15, 0.2) is 48.8 Å². The molecule has 6 heteroatoms. The Balaban J connectivity index is 1.84. The van der Waals surface area contributed by atoms with Gasteiger partial charge in [-0.05, 0) is 60.9 Å². The normalized spacial score (nSPS) is 18.0. The van der Waals surface area contributed by atoms with Crippen molar-refractivity contribution < 1.29 is 0 Å². The molecular weight excluding hydrogens is 288 g/mol. The van der Waals surface area contributed by atoms with Crippen LogP contribution in [0.2, 0.25) is 0 Å². The fraction of sp³-hybridized carbons (Fsp3) is 0.143. The van der Waals surface area contributed by atoms with E-state index in [4.69, 9.17) is 24.4 Å². The van der Waals surface area contributed by atoms with Gasteiger partial charge >= 0.3 is 0 Å². The first-order chi connectivity index (χ1) is 9.75. The molecule has 2 N–H and O–H groups in total. The van der Waals surface area contributed by atoms with E-state index in [0.29, 0.717) is 0 Å². The summed E-state index contributed by atoms with van der Waals surface area (Å²) < 4.78 is 0. The van der Waals surface area contributed by atoms with E-state index in [-0.39, 0.29) is 0 Å². The Kier molecular flexibility index (Phi) is 3.66. The third-order valence-electron chi connectivity index (χ3n) is 3.09. The number of hydrogen-bond donors (Lipinski definition) is 2. The lowest BCUT2D eigenvalue weighted by molar-refractivity contribution is 0.993. The second-order valence-electron chi connectivity index (χ2n) is 4.40. The zero-order chi connectivity index (χ0) is 13.9. The molecule has 0 atom stereocenters. The highest BCUT2D eigenvalue weighted by Gasteiger charge is 2.14. The van der Waals surface area contributed by atoms with Gasteiger partial charge in [0.05, 0.1) is 0 Å². The van der Waals surface area contributed by atoms with Gasteiger partial charge in [-0.2, -0.15) is 0 Å². The van der Waals surface area contributed by atoms with E-state index in [1.807, 2.05) is 58.6 Å². The molecule has 0 unspecified atom stereocenters. The van der Waals surface area contributed by atoms with E-state index in [9.17, 15) is 0 Å². The van der Waals surface area contributed by atoms with Crippen LogP contribution in [0.5, 0.6) is 0 Å². The molecule has 1 aromatic carbocycles. The first kappa shape index (κ1) is 13.1. The van der Waals surface area contributed by atoms with Crippen molar-refractivity contribution in [3.63, 3.8) is 0 Å². The van der Waals surface area contributed by atoms with Crippen LogP contribution in [0.4, 0.5) is 11.4 Å². The summed E-state index contributed by atoms with van der Waals surface area (Å²) in [6.45, 7) is 1.57. The minimum atomic E-state index is 0.718. The number of nitrogens with one attached hydrogen (secondary N) is 2. The van der Waals surface area contributed by atoms with Crippen LogP contribution in [-0.2, 0) is 0 Å². The predicted molar refractivity (Wildman–Crippen MR) is 90.9 cm³/mol. The lowest BCUT2D eigenvalue weighted by Gasteiger charge is -2.27. The van der Waals surface area contributed by atoms with Crippen LogP contribution in [0.25, 0.3) is 0 Å². The Morgan fingerprint density at radius 3 is 1.50 bits per heavy atom. The van der Waals surface area contributed by atoms with Crippen LogP contribution < -0.4 is 20.4 Å². The molecule has 0 fully saturated rings. The van der Waals surface area contributed by atoms with Gasteiger partial charge in [-0.3, -0.25) is 9.80 Å². The fourth-order valence-corrected chi connectivity index (χ4v) is 2.59. The largest absolute Gasteiger partial charge is 0.358 e. The molecule has 0 amide bonds. The van der Waals surface area contributed by atoms with Gasteiger partial charge in [0.15, 0.2) is 10.2 Å². The molecule has 0 saturated carbocycles. The van der Waals surface area contributed by atoms with Crippen molar-refractivity contribution in [3.05, 3.63) is 48.8 Å². The van der Waals surface area contributed by atoms with E-state index in [0.717, 1.165) is 34.7 Å². The van der Waals surface area contributed by atoms with Gasteiger partial charge < -0.3 is 10.6 Å². The van der Waals surface area contributed by atoms with E-state index in [2.05, 4.69) is 10.6 Å². The summed E-state index contributed by atoms with van der Waals surface area (Å²) in [5.41, 5.74) is 2.06. The van der Waals surface area contributed by atoms with Crippen LogP contribution in [0.1, 0.15) is 0 Å². The highest BCUT2D eigenvalue weighted by atomic mass is 32.1. The topological polar surface area (TPSA) is 30.5 Å². The standard InChI is InChI=1S/C14H14N4S2/c19-13-15-7-1-9-17(13)11-3-5-12(6-4-11)18-10-2-8-16-14(18)20/h1-6,9-10H,7-8H2,(H,15,19)(H,16,20). The summed E-state index contributed by atoms with van der Waals surface area (Å²) in [6, 6.07) is 8.13. The highest BCUT2D eigenvalue weighted by Crippen LogP contribution is 2.23. The lowest BCUT2D eigenvalue weighted by atomic mass is 10.2. The maximum atomic E-state index is 5.30. The van der Waals surface area contributed by atoms with Crippen molar-refractivity contribution in [2.24, 2.45) is 0 Å². The lowest BCUT2D eigenvalue weighted by Crippen LogP contribution is -2.40. The van der Waals surface area contributed by atoms with Crippen molar-refractivity contribution in [1.29, 1.82) is 0 Å². The Hall–Kier alpha value is -1.92. The SMILES string of the molecule is S=C1NCC=CN1c1ccc(N2C=CCNC2=S)cc1. The summed E-state index contributed by atoms with van der Waals surface area (Å²) in [5.74, 6) is 0. The number of anilines is 2. The Labute approximate surface area is 128 Å². The van der Waals surface area contributed by atoms with Gasteiger partial charge in [0.25, 0.3) is 0 Å². The maximum Gasteiger partial charge on any atom is 0.177 e. The Bertz CT molecular complexity index is 539. The smallest absolute Gasteiger partial charge is 0.177 e. The molecule has 1 aromatic rings. The van der Waals surface area contributed by atoms with Crippen LogP contribution in [0, 0.1) is 0 Å². The molecule has 0 saturated heterocycles. The second-order valence-corrected chi connectivity index (χ2v) is 5.17. The summed E-state index contributed by atoms with van der Waals surface area (Å²) in [7, 11) is 0. The van der Waals surface area contributed by atoms with Gasteiger partial charge in [0.2, 0.25) is 0 Å². The third-order valence-corrected chi connectivity index (χ3v) is 3.78. The van der Waals surface area contributed by atoms with Crippen LogP contribution >= 0.6 is 24.4 Å². The van der Waals surface area contributed by atoms with Gasteiger partial charge in [0, 0.05) is 36.9 Å². The van der Waals surface area contributed by atoms with Gasteiger partial charge in [0.1, 0.15) is 0 Å². The zero-order valence-corrected chi connectivity index (χ0v) is 12.4. The highest BCUT2D eigenvalue weighted by molar-refractivity contribution is 7.80. The third kappa shape index (κ3) is 2.52. The van der Waals surface area contributed by atoms with Gasteiger partial charge in [-0.25, -0.2) is 0 Å². The average molecular weight is 302 g/mol. The number of hydrogen-bond acceptors (Lipinski definition) is 2. The van der Waals surface area contributed by atoms with Gasteiger partial charge in [-0.15, -0.1) is 0 Å². The molecule has 0 spiro atoms.